The summed E-state index contributed by atoms with van der Waals surface area (Å²) in [5.41, 5.74) is 1.86. The minimum atomic E-state index is -0.219. The second-order valence-corrected chi connectivity index (χ2v) is 7.36. The minimum absolute atomic E-state index is 0.154. The number of amides is 1. The van der Waals surface area contributed by atoms with Crippen LogP contribution in [-0.2, 0) is 16.1 Å². The third-order valence-corrected chi connectivity index (χ3v) is 5.63. The fraction of sp³-hybridized carbons (Fsp3) is 0.421. The SMILES string of the molecule is COC(=O)C1CCN(C(=O)c2c(C)nn(Cc3ccccc3Cl)c2Cl)CC1. The van der Waals surface area contributed by atoms with E-state index < -0.39 is 0 Å². The van der Waals surface area contributed by atoms with Crippen molar-refractivity contribution in [1.82, 2.24) is 14.7 Å². The van der Waals surface area contributed by atoms with Gasteiger partial charge in [0.05, 0.1) is 30.8 Å². The van der Waals surface area contributed by atoms with Crippen LogP contribution in [0.1, 0.15) is 34.5 Å². The highest BCUT2D eigenvalue weighted by Gasteiger charge is 2.31. The monoisotopic (exact) mass is 409 g/mol. The van der Waals surface area contributed by atoms with Gasteiger partial charge >= 0.3 is 5.97 Å². The molecule has 1 saturated heterocycles. The summed E-state index contributed by atoms with van der Waals surface area (Å²) in [6.07, 6.45) is 1.17. The zero-order chi connectivity index (χ0) is 19.6. The lowest BCUT2D eigenvalue weighted by Crippen LogP contribution is -2.40. The molecule has 6 nitrogen and oxygen atoms in total. The van der Waals surface area contributed by atoms with Gasteiger partial charge in [-0.1, -0.05) is 41.4 Å². The number of rotatable bonds is 4. The summed E-state index contributed by atoms with van der Waals surface area (Å²) in [4.78, 5) is 26.3. The molecule has 144 valence electrons. The fourth-order valence-electron chi connectivity index (χ4n) is 3.33. The van der Waals surface area contributed by atoms with E-state index in [1.54, 1.807) is 22.6 Å². The molecule has 3 rings (SSSR count). The van der Waals surface area contributed by atoms with E-state index in [1.165, 1.54) is 7.11 Å². The molecule has 1 fully saturated rings. The van der Waals surface area contributed by atoms with Gasteiger partial charge in [-0.2, -0.15) is 5.10 Å². The molecule has 0 radical (unpaired) electrons. The second kappa shape index (κ2) is 8.31. The molecule has 8 heteroatoms. The Bertz CT molecular complexity index is 858. The van der Waals surface area contributed by atoms with Crippen molar-refractivity contribution in [2.75, 3.05) is 20.2 Å². The molecule has 0 unspecified atom stereocenters. The summed E-state index contributed by atoms with van der Waals surface area (Å²) in [5.74, 6) is -0.534. The largest absolute Gasteiger partial charge is 0.469 e. The van der Waals surface area contributed by atoms with E-state index in [-0.39, 0.29) is 17.8 Å². The lowest BCUT2D eigenvalue weighted by atomic mass is 9.96. The molecule has 0 aliphatic carbocycles. The molecule has 2 aromatic rings. The van der Waals surface area contributed by atoms with E-state index in [1.807, 2.05) is 18.2 Å². The van der Waals surface area contributed by atoms with Crippen LogP contribution in [0, 0.1) is 12.8 Å². The Balaban J connectivity index is 1.76. The first kappa shape index (κ1) is 19.7. The smallest absolute Gasteiger partial charge is 0.308 e. The summed E-state index contributed by atoms with van der Waals surface area (Å²) >= 11 is 12.7. The fourth-order valence-corrected chi connectivity index (χ4v) is 3.84. The van der Waals surface area contributed by atoms with Crippen LogP contribution in [0.3, 0.4) is 0 Å². The van der Waals surface area contributed by atoms with Crippen LogP contribution < -0.4 is 0 Å². The van der Waals surface area contributed by atoms with Crippen molar-refractivity contribution < 1.29 is 14.3 Å². The first-order chi connectivity index (χ1) is 12.9. The van der Waals surface area contributed by atoms with Crippen molar-refractivity contribution in [3.05, 3.63) is 51.3 Å². The lowest BCUT2D eigenvalue weighted by molar-refractivity contribution is -0.146. The number of piperidine rings is 1. The highest BCUT2D eigenvalue weighted by Crippen LogP contribution is 2.27. The van der Waals surface area contributed by atoms with Crippen LogP contribution in [0.15, 0.2) is 24.3 Å². The van der Waals surface area contributed by atoms with E-state index in [0.29, 0.717) is 53.9 Å². The maximum absolute atomic E-state index is 13.0. The van der Waals surface area contributed by atoms with E-state index in [4.69, 9.17) is 27.9 Å². The number of carbonyl (C=O) groups is 2. The number of hydrogen-bond donors (Lipinski definition) is 0. The molecule has 1 aromatic heterocycles. The molecule has 27 heavy (non-hydrogen) atoms. The van der Waals surface area contributed by atoms with Gasteiger partial charge in [0.25, 0.3) is 5.91 Å². The Kier molecular flexibility index (Phi) is 6.07. The Morgan fingerprint density at radius 2 is 1.89 bits per heavy atom. The summed E-state index contributed by atoms with van der Waals surface area (Å²) in [7, 11) is 1.39. The van der Waals surface area contributed by atoms with Gasteiger partial charge in [0, 0.05) is 18.1 Å². The topological polar surface area (TPSA) is 64.4 Å². The van der Waals surface area contributed by atoms with Crippen LogP contribution in [-0.4, -0.2) is 46.8 Å². The zero-order valence-electron chi connectivity index (χ0n) is 15.2. The van der Waals surface area contributed by atoms with Gasteiger partial charge < -0.3 is 9.64 Å². The predicted octanol–water partition coefficient (Wildman–Crippen LogP) is 3.57. The minimum Gasteiger partial charge on any atom is -0.469 e. The molecule has 0 atom stereocenters. The Morgan fingerprint density at radius 3 is 2.52 bits per heavy atom. The van der Waals surface area contributed by atoms with Crippen LogP contribution in [0.25, 0.3) is 0 Å². The van der Waals surface area contributed by atoms with Crippen LogP contribution >= 0.6 is 23.2 Å². The number of halogens is 2. The average molecular weight is 410 g/mol. The van der Waals surface area contributed by atoms with Gasteiger partial charge in [-0.25, -0.2) is 4.68 Å². The van der Waals surface area contributed by atoms with Gasteiger partial charge in [-0.3, -0.25) is 9.59 Å². The van der Waals surface area contributed by atoms with Gasteiger partial charge in [-0.05, 0) is 31.4 Å². The van der Waals surface area contributed by atoms with E-state index >= 15 is 0 Å². The maximum Gasteiger partial charge on any atom is 0.308 e. The van der Waals surface area contributed by atoms with E-state index in [2.05, 4.69) is 5.10 Å². The number of carbonyl (C=O) groups excluding carboxylic acids is 2. The van der Waals surface area contributed by atoms with Gasteiger partial charge in [0.2, 0.25) is 0 Å². The Hall–Kier alpha value is -2.05. The second-order valence-electron chi connectivity index (χ2n) is 6.59. The van der Waals surface area contributed by atoms with Gasteiger partial charge in [-0.15, -0.1) is 0 Å². The van der Waals surface area contributed by atoms with Crippen LogP contribution in [0.2, 0.25) is 10.2 Å². The molecule has 0 bridgehead atoms. The summed E-state index contributed by atoms with van der Waals surface area (Å²) < 4.78 is 6.38. The van der Waals surface area contributed by atoms with Crippen LogP contribution in [0.5, 0.6) is 0 Å². The average Bonchev–Trinajstić information content (AvgIpc) is 2.95. The maximum atomic E-state index is 13.0. The molecule has 1 amide bonds. The number of aryl methyl sites for hydroxylation is 1. The predicted molar refractivity (Wildman–Crippen MR) is 103 cm³/mol. The number of ether oxygens (including phenoxy) is 1. The number of hydrogen-bond acceptors (Lipinski definition) is 4. The van der Waals surface area contributed by atoms with E-state index in [9.17, 15) is 9.59 Å². The first-order valence-corrected chi connectivity index (χ1v) is 9.51. The number of benzene rings is 1. The number of aromatic nitrogens is 2. The quantitative estimate of drug-likeness (QED) is 0.723. The zero-order valence-corrected chi connectivity index (χ0v) is 16.8. The third-order valence-electron chi connectivity index (χ3n) is 4.87. The van der Waals surface area contributed by atoms with Crippen molar-refractivity contribution in [1.29, 1.82) is 0 Å². The first-order valence-electron chi connectivity index (χ1n) is 8.75. The van der Waals surface area contributed by atoms with Crippen LogP contribution in [0.4, 0.5) is 0 Å². The normalized spacial score (nSPS) is 15.0. The van der Waals surface area contributed by atoms with Gasteiger partial charge in [0.15, 0.2) is 0 Å². The third kappa shape index (κ3) is 4.12. The molecule has 2 heterocycles. The summed E-state index contributed by atoms with van der Waals surface area (Å²) in [6, 6.07) is 7.45. The highest BCUT2D eigenvalue weighted by molar-refractivity contribution is 6.33. The molecule has 1 aromatic carbocycles. The molecule has 1 aliphatic heterocycles. The van der Waals surface area contributed by atoms with Crippen molar-refractivity contribution in [3.8, 4) is 0 Å². The molecular formula is C19H21Cl2N3O3. The van der Waals surface area contributed by atoms with Crippen molar-refractivity contribution in [3.63, 3.8) is 0 Å². The Morgan fingerprint density at radius 1 is 1.22 bits per heavy atom. The molecular weight excluding hydrogens is 389 g/mol. The Labute approximate surface area is 168 Å². The highest BCUT2D eigenvalue weighted by atomic mass is 35.5. The van der Waals surface area contributed by atoms with Gasteiger partial charge in [0.1, 0.15) is 5.15 Å². The standard InChI is InChI=1S/C19H21Cl2N3O3/c1-12-16(18(25)23-9-7-13(8-10-23)19(26)27-2)17(21)24(22-12)11-14-5-3-4-6-15(14)20/h3-6,13H,7-11H2,1-2H3. The molecule has 0 N–H and O–H groups in total. The number of esters is 1. The van der Waals surface area contributed by atoms with Crippen molar-refractivity contribution in [2.45, 2.75) is 26.3 Å². The van der Waals surface area contributed by atoms with E-state index in [0.717, 1.165) is 5.56 Å². The lowest BCUT2D eigenvalue weighted by Gasteiger charge is -2.30. The number of nitrogens with zero attached hydrogens (tertiary/aromatic N) is 3. The number of likely N-dealkylation sites (tertiary alicyclic amines) is 1. The summed E-state index contributed by atoms with van der Waals surface area (Å²) in [6.45, 7) is 3.13. The molecule has 1 aliphatic rings. The number of methoxy groups -OCH3 is 1. The van der Waals surface area contributed by atoms with Crippen molar-refractivity contribution >= 4 is 35.1 Å². The van der Waals surface area contributed by atoms with Crippen molar-refractivity contribution in [2.24, 2.45) is 5.92 Å². The molecule has 0 saturated carbocycles. The molecule has 0 spiro atoms. The summed E-state index contributed by atoms with van der Waals surface area (Å²) in [5, 5.41) is 5.35.